The zero-order valence-electron chi connectivity index (χ0n) is 11.9. The highest BCUT2D eigenvalue weighted by Gasteiger charge is 2.35. The number of hydrazine groups is 1. The summed E-state index contributed by atoms with van der Waals surface area (Å²) in [5.41, 5.74) is 7.28. The van der Waals surface area contributed by atoms with Gasteiger partial charge in [-0.3, -0.25) is 15.1 Å². The zero-order chi connectivity index (χ0) is 14.6. The molecule has 2 aliphatic rings. The van der Waals surface area contributed by atoms with Crippen molar-refractivity contribution in [3.05, 3.63) is 41.6 Å². The average Bonchev–Trinajstić information content (AvgIpc) is 2.92. The summed E-state index contributed by atoms with van der Waals surface area (Å²) in [7, 11) is 2.08. The summed E-state index contributed by atoms with van der Waals surface area (Å²) in [5, 5.41) is 1.29. The number of rotatable bonds is 1. The van der Waals surface area contributed by atoms with E-state index < -0.39 is 0 Å². The van der Waals surface area contributed by atoms with Crippen LogP contribution in [-0.2, 0) is 11.2 Å². The molecule has 108 valence electrons. The van der Waals surface area contributed by atoms with E-state index in [4.69, 9.17) is 5.84 Å². The van der Waals surface area contributed by atoms with Gasteiger partial charge in [0.1, 0.15) is 0 Å². The SMILES string of the molecule is CN1C[C@H](C(=O)NN)C=C2c3cccc4[nH]cc(c34)C[C@@H]21. The minimum absolute atomic E-state index is 0.125. The Hall–Kier alpha value is -2.11. The van der Waals surface area contributed by atoms with Crippen LogP contribution in [-0.4, -0.2) is 35.4 Å². The van der Waals surface area contributed by atoms with Crippen molar-refractivity contribution in [1.29, 1.82) is 0 Å². The van der Waals surface area contributed by atoms with Gasteiger partial charge in [-0.2, -0.15) is 0 Å². The number of nitrogens with one attached hydrogen (secondary N) is 2. The maximum atomic E-state index is 11.9. The van der Waals surface area contributed by atoms with Crippen LogP contribution in [0.2, 0.25) is 0 Å². The van der Waals surface area contributed by atoms with Crippen LogP contribution in [0.5, 0.6) is 0 Å². The van der Waals surface area contributed by atoms with Crippen molar-refractivity contribution >= 4 is 22.4 Å². The number of nitrogens with two attached hydrogens (primary N) is 1. The van der Waals surface area contributed by atoms with E-state index >= 15 is 0 Å². The van der Waals surface area contributed by atoms with Crippen LogP contribution in [0.1, 0.15) is 11.1 Å². The van der Waals surface area contributed by atoms with Gasteiger partial charge in [-0.05, 0) is 36.2 Å². The minimum atomic E-state index is -0.193. The lowest BCUT2D eigenvalue weighted by Crippen LogP contribution is -2.47. The third-order valence-corrected chi connectivity index (χ3v) is 4.75. The van der Waals surface area contributed by atoms with Crippen molar-refractivity contribution in [3.63, 3.8) is 0 Å². The molecule has 1 aliphatic heterocycles. The molecule has 0 spiro atoms. The highest BCUT2D eigenvalue weighted by atomic mass is 16.2. The van der Waals surface area contributed by atoms with Gasteiger partial charge in [0.15, 0.2) is 0 Å². The van der Waals surface area contributed by atoms with E-state index in [0.717, 1.165) is 11.9 Å². The molecule has 21 heavy (non-hydrogen) atoms. The fraction of sp³-hybridized carbons (Fsp3) is 0.312. The summed E-state index contributed by atoms with van der Waals surface area (Å²) in [6.45, 7) is 0.701. The van der Waals surface area contributed by atoms with Gasteiger partial charge < -0.3 is 4.98 Å². The first-order valence-electron chi connectivity index (χ1n) is 7.21. The molecule has 1 amide bonds. The Balaban J connectivity index is 1.91. The molecule has 2 heterocycles. The summed E-state index contributed by atoms with van der Waals surface area (Å²) in [6, 6.07) is 6.64. The van der Waals surface area contributed by atoms with Crippen LogP contribution in [0.3, 0.4) is 0 Å². The largest absolute Gasteiger partial charge is 0.361 e. The van der Waals surface area contributed by atoms with E-state index in [1.807, 2.05) is 0 Å². The van der Waals surface area contributed by atoms with Gasteiger partial charge in [-0.1, -0.05) is 18.2 Å². The van der Waals surface area contributed by atoms with E-state index in [0.29, 0.717) is 12.6 Å². The standard InChI is InChI=1S/C16H18N4O/c1-20-8-10(16(21)19-17)5-12-11-3-2-4-13-15(11)9(7-18-13)6-14(12)20/h2-5,7,10,14,18H,6,8,17H2,1H3,(H,19,21)/t10-,14+/m1/s1. The van der Waals surface area contributed by atoms with E-state index in [1.165, 1.54) is 22.1 Å². The molecule has 4 rings (SSSR count). The number of aromatic nitrogens is 1. The number of aromatic amines is 1. The molecule has 5 nitrogen and oxygen atoms in total. The van der Waals surface area contributed by atoms with Gasteiger partial charge in [0.2, 0.25) is 5.91 Å². The lowest BCUT2D eigenvalue weighted by atomic mass is 9.80. The van der Waals surface area contributed by atoms with Gasteiger partial charge in [0.25, 0.3) is 0 Å². The quantitative estimate of drug-likeness (QED) is 0.415. The highest BCUT2D eigenvalue weighted by molar-refractivity contribution is 5.99. The molecule has 0 radical (unpaired) electrons. The van der Waals surface area contributed by atoms with Crippen molar-refractivity contribution in [2.45, 2.75) is 12.5 Å². The van der Waals surface area contributed by atoms with Crippen LogP contribution in [0, 0.1) is 5.92 Å². The van der Waals surface area contributed by atoms with Gasteiger partial charge in [0.05, 0.1) is 5.92 Å². The smallest absolute Gasteiger partial charge is 0.242 e. The summed E-state index contributed by atoms with van der Waals surface area (Å²) < 4.78 is 0. The molecular weight excluding hydrogens is 264 g/mol. The maximum Gasteiger partial charge on any atom is 0.242 e. The van der Waals surface area contributed by atoms with Crippen LogP contribution in [0.15, 0.2) is 30.5 Å². The number of hydrogen-bond donors (Lipinski definition) is 3. The lowest BCUT2D eigenvalue weighted by Gasteiger charge is -2.39. The first-order chi connectivity index (χ1) is 10.2. The molecule has 0 bridgehead atoms. The molecule has 2 atom stereocenters. The third kappa shape index (κ3) is 1.74. The molecule has 0 saturated heterocycles. The number of hydrogen-bond acceptors (Lipinski definition) is 3. The molecule has 1 aromatic heterocycles. The number of benzene rings is 1. The number of carbonyl (C=O) groups excluding carboxylic acids is 1. The Labute approximate surface area is 122 Å². The van der Waals surface area contributed by atoms with Crippen molar-refractivity contribution in [3.8, 4) is 0 Å². The number of carbonyl (C=O) groups is 1. The molecule has 4 N–H and O–H groups in total. The zero-order valence-corrected chi connectivity index (χ0v) is 11.9. The summed E-state index contributed by atoms with van der Waals surface area (Å²) in [5.74, 6) is 4.98. The Morgan fingerprint density at radius 3 is 3.14 bits per heavy atom. The predicted octanol–water partition coefficient (Wildman–Crippen LogP) is 1.03. The highest BCUT2D eigenvalue weighted by Crippen LogP contribution is 2.40. The summed E-state index contributed by atoms with van der Waals surface area (Å²) in [4.78, 5) is 17.5. The van der Waals surface area contributed by atoms with Crippen molar-refractivity contribution in [2.24, 2.45) is 11.8 Å². The van der Waals surface area contributed by atoms with E-state index in [-0.39, 0.29) is 11.8 Å². The van der Waals surface area contributed by atoms with Gasteiger partial charge >= 0.3 is 0 Å². The van der Waals surface area contributed by atoms with Crippen molar-refractivity contribution < 1.29 is 4.79 Å². The molecule has 5 heteroatoms. The first-order valence-corrected chi connectivity index (χ1v) is 7.21. The number of nitrogens with zero attached hydrogens (tertiary/aromatic N) is 1. The maximum absolute atomic E-state index is 11.9. The molecule has 0 unspecified atom stereocenters. The fourth-order valence-electron chi connectivity index (χ4n) is 3.72. The first kappa shape index (κ1) is 12.6. The molecule has 0 saturated carbocycles. The van der Waals surface area contributed by atoms with Crippen LogP contribution < -0.4 is 11.3 Å². The van der Waals surface area contributed by atoms with Crippen LogP contribution in [0.25, 0.3) is 16.5 Å². The number of likely N-dealkylation sites (N-methyl/N-ethyl adjacent to an activating group) is 1. The summed E-state index contributed by atoms with van der Waals surface area (Å²) in [6.07, 6.45) is 5.19. The monoisotopic (exact) mass is 282 g/mol. The van der Waals surface area contributed by atoms with E-state index in [1.54, 1.807) is 0 Å². The third-order valence-electron chi connectivity index (χ3n) is 4.75. The second-order valence-corrected chi connectivity index (χ2v) is 5.94. The van der Waals surface area contributed by atoms with E-state index in [2.05, 4.69) is 52.8 Å². The lowest BCUT2D eigenvalue weighted by molar-refractivity contribution is -0.124. The molecular formula is C16H18N4O. The molecule has 2 aromatic rings. The van der Waals surface area contributed by atoms with Crippen LogP contribution in [0.4, 0.5) is 0 Å². The van der Waals surface area contributed by atoms with E-state index in [9.17, 15) is 4.79 Å². The van der Waals surface area contributed by atoms with Gasteiger partial charge in [-0.15, -0.1) is 0 Å². The molecule has 1 aliphatic carbocycles. The number of H-pyrrole nitrogens is 1. The van der Waals surface area contributed by atoms with Crippen LogP contribution >= 0.6 is 0 Å². The van der Waals surface area contributed by atoms with Gasteiger partial charge in [0, 0.05) is 29.7 Å². The van der Waals surface area contributed by atoms with Crippen molar-refractivity contribution in [1.82, 2.24) is 15.3 Å². The minimum Gasteiger partial charge on any atom is -0.361 e. The summed E-state index contributed by atoms with van der Waals surface area (Å²) >= 11 is 0. The number of amides is 1. The topological polar surface area (TPSA) is 74.2 Å². The Morgan fingerprint density at radius 1 is 1.48 bits per heavy atom. The van der Waals surface area contributed by atoms with Crippen molar-refractivity contribution in [2.75, 3.05) is 13.6 Å². The second-order valence-electron chi connectivity index (χ2n) is 5.94. The average molecular weight is 282 g/mol. The number of fused-ring (bicyclic) bond motifs is 2. The Bertz CT molecular complexity index is 761. The predicted molar refractivity (Wildman–Crippen MR) is 82.2 cm³/mol. The molecule has 1 aromatic carbocycles. The Morgan fingerprint density at radius 2 is 2.33 bits per heavy atom. The Kier molecular flexibility index (Phi) is 2.67. The second kappa shape index (κ2) is 4.44. The van der Waals surface area contributed by atoms with Gasteiger partial charge in [-0.25, -0.2) is 5.84 Å². The normalized spacial score (nSPS) is 24.6. The fourth-order valence-corrected chi connectivity index (χ4v) is 3.72. The molecule has 0 fully saturated rings.